The largest absolute Gasteiger partial charge is 0.281 e. The molecule has 0 atom stereocenters. The van der Waals surface area contributed by atoms with E-state index < -0.39 is 0 Å². The van der Waals surface area contributed by atoms with Gasteiger partial charge in [-0.1, -0.05) is 43.3 Å². The zero-order chi connectivity index (χ0) is 12.7. The number of benzene rings is 2. The number of carbonyl (C=O) groups is 1. The monoisotopic (exact) mass is 237 g/mol. The molecular weight excluding hydrogens is 222 g/mol. The number of nitrogens with zero attached hydrogens (tertiary/aromatic N) is 1. The van der Waals surface area contributed by atoms with Crippen molar-refractivity contribution < 1.29 is 4.79 Å². The highest BCUT2D eigenvalue weighted by Crippen LogP contribution is 2.44. The van der Waals surface area contributed by atoms with Crippen LogP contribution < -0.4 is 4.90 Å². The first-order valence-electron chi connectivity index (χ1n) is 6.18. The average molecular weight is 237 g/mol. The van der Waals surface area contributed by atoms with Crippen molar-refractivity contribution in [3.63, 3.8) is 0 Å². The number of rotatable bonds is 0. The zero-order valence-electron chi connectivity index (χ0n) is 10.6. The lowest BCUT2D eigenvalue weighted by molar-refractivity contribution is -0.115. The van der Waals surface area contributed by atoms with Crippen LogP contribution in [0, 0.1) is 0 Å². The van der Waals surface area contributed by atoms with E-state index in [2.05, 4.69) is 19.1 Å². The van der Waals surface area contributed by atoms with Gasteiger partial charge in [-0.05, 0) is 23.3 Å². The van der Waals surface area contributed by atoms with Crippen LogP contribution in [0.5, 0.6) is 0 Å². The van der Waals surface area contributed by atoms with E-state index in [9.17, 15) is 4.79 Å². The molecule has 1 aliphatic heterocycles. The van der Waals surface area contributed by atoms with Crippen LogP contribution in [0.15, 0.2) is 48.5 Å². The predicted octanol–water partition coefficient (Wildman–Crippen LogP) is 3.84. The number of amides is 1. The van der Waals surface area contributed by atoms with Crippen LogP contribution >= 0.6 is 0 Å². The van der Waals surface area contributed by atoms with Crippen LogP contribution in [-0.2, 0) is 4.79 Å². The van der Waals surface area contributed by atoms with Crippen molar-refractivity contribution in [3.05, 3.63) is 59.7 Å². The van der Waals surface area contributed by atoms with Gasteiger partial charge >= 0.3 is 0 Å². The summed E-state index contributed by atoms with van der Waals surface area (Å²) in [5.74, 6) is 0.384. The topological polar surface area (TPSA) is 20.3 Å². The van der Waals surface area contributed by atoms with Gasteiger partial charge < -0.3 is 0 Å². The molecule has 2 nitrogen and oxygen atoms in total. The van der Waals surface area contributed by atoms with Gasteiger partial charge in [0.2, 0.25) is 5.91 Å². The Kier molecular flexibility index (Phi) is 2.44. The van der Waals surface area contributed by atoms with E-state index in [-0.39, 0.29) is 5.91 Å². The van der Waals surface area contributed by atoms with Crippen LogP contribution in [-0.4, -0.2) is 5.91 Å². The molecule has 0 fully saturated rings. The van der Waals surface area contributed by atoms with Gasteiger partial charge in [0.15, 0.2) is 0 Å². The highest BCUT2D eigenvalue weighted by molar-refractivity contribution is 6.02. The van der Waals surface area contributed by atoms with Crippen molar-refractivity contribution in [2.24, 2.45) is 0 Å². The van der Waals surface area contributed by atoms with Gasteiger partial charge in [-0.25, -0.2) is 0 Å². The summed E-state index contributed by atoms with van der Waals surface area (Å²) in [6.45, 7) is 3.80. The van der Waals surface area contributed by atoms with Gasteiger partial charge in [-0.15, -0.1) is 0 Å². The summed E-state index contributed by atoms with van der Waals surface area (Å²) >= 11 is 0. The summed E-state index contributed by atoms with van der Waals surface area (Å²) in [5, 5.41) is 0. The predicted molar refractivity (Wildman–Crippen MR) is 73.2 cm³/mol. The van der Waals surface area contributed by atoms with Crippen LogP contribution in [0.25, 0.3) is 0 Å². The number of hydrogen-bond acceptors (Lipinski definition) is 1. The molecule has 0 bridgehead atoms. The Morgan fingerprint density at radius 1 is 0.944 bits per heavy atom. The summed E-state index contributed by atoms with van der Waals surface area (Å²) in [6.07, 6.45) is 0. The molecule has 0 radical (unpaired) electrons. The highest BCUT2D eigenvalue weighted by atomic mass is 16.2. The molecular formula is C16H15NO. The van der Waals surface area contributed by atoms with E-state index in [1.165, 1.54) is 11.1 Å². The summed E-state index contributed by atoms with van der Waals surface area (Å²) in [7, 11) is 0. The first kappa shape index (κ1) is 11.0. The summed E-state index contributed by atoms with van der Waals surface area (Å²) in [5.41, 5.74) is 4.45. The van der Waals surface area contributed by atoms with E-state index in [1.807, 2.05) is 41.3 Å². The molecule has 3 rings (SSSR count). The quantitative estimate of drug-likeness (QED) is 0.681. The van der Waals surface area contributed by atoms with Gasteiger partial charge in [-0.3, -0.25) is 9.69 Å². The SMILES string of the molecule is CC(=O)N1c2ccccc2C(C)c2ccccc21. The van der Waals surface area contributed by atoms with Crippen molar-refractivity contribution in [1.82, 2.24) is 0 Å². The van der Waals surface area contributed by atoms with Crippen LogP contribution in [0.1, 0.15) is 30.9 Å². The molecule has 0 N–H and O–H groups in total. The maximum absolute atomic E-state index is 12.0. The van der Waals surface area contributed by atoms with Crippen LogP contribution in [0.2, 0.25) is 0 Å². The maximum Gasteiger partial charge on any atom is 0.228 e. The van der Waals surface area contributed by atoms with Gasteiger partial charge in [0, 0.05) is 12.8 Å². The minimum atomic E-state index is 0.0572. The van der Waals surface area contributed by atoms with Gasteiger partial charge in [0.1, 0.15) is 0 Å². The number of anilines is 2. The van der Waals surface area contributed by atoms with Gasteiger partial charge in [0.25, 0.3) is 0 Å². The van der Waals surface area contributed by atoms with Crippen LogP contribution in [0.4, 0.5) is 11.4 Å². The van der Waals surface area contributed by atoms with Gasteiger partial charge in [0.05, 0.1) is 11.4 Å². The third kappa shape index (κ3) is 1.46. The standard InChI is InChI=1S/C16H15NO/c1-11-13-7-3-5-9-15(13)17(12(2)18)16-10-6-4-8-14(11)16/h3-11H,1-2H3. The fourth-order valence-electron chi connectivity index (χ4n) is 2.75. The Hall–Kier alpha value is -2.09. The van der Waals surface area contributed by atoms with Crippen molar-refractivity contribution in [3.8, 4) is 0 Å². The van der Waals surface area contributed by atoms with Crippen LogP contribution in [0.3, 0.4) is 0 Å². The Balaban J connectivity index is 2.30. The van der Waals surface area contributed by atoms with E-state index in [0.29, 0.717) is 5.92 Å². The molecule has 0 spiro atoms. The first-order valence-corrected chi connectivity index (χ1v) is 6.18. The summed E-state index contributed by atoms with van der Waals surface area (Å²) in [4.78, 5) is 13.8. The highest BCUT2D eigenvalue weighted by Gasteiger charge is 2.29. The second kappa shape index (κ2) is 3.98. The van der Waals surface area contributed by atoms with Crippen molar-refractivity contribution in [2.75, 3.05) is 4.90 Å². The normalized spacial score (nSPS) is 14.0. The molecule has 2 aromatic carbocycles. The molecule has 1 aliphatic rings. The molecule has 1 heterocycles. The van der Waals surface area contributed by atoms with Crippen molar-refractivity contribution in [2.45, 2.75) is 19.8 Å². The molecule has 0 saturated heterocycles. The lowest BCUT2D eigenvalue weighted by atomic mass is 9.86. The molecule has 18 heavy (non-hydrogen) atoms. The molecule has 0 unspecified atom stereocenters. The Bertz CT molecular complexity index is 570. The van der Waals surface area contributed by atoms with E-state index >= 15 is 0 Å². The maximum atomic E-state index is 12.0. The fourth-order valence-corrected chi connectivity index (χ4v) is 2.75. The van der Waals surface area contributed by atoms with Crippen molar-refractivity contribution in [1.29, 1.82) is 0 Å². The second-order valence-electron chi connectivity index (χ2n) is 4.69. The molecule has 90 valence electrons. The Morgan fingerprint density at radius 3 is 1.83 bits per heavy atom. The molecule has 0 aliphatic carbocycles. The third-order valence-electron chi connectivity index (χ3n) is 3.60. The molecule has 1 amide bonds. The molecule has 0 aromatic heterocycles. The van der Waals surface area contributed by atoms with E-state index in [0.717, 1.165) is 11.4 Å². The second-order valence-corrected chi connectivity index (χ2v) is 4.69. The summed E-state index contributed by atoms with van der Waals surface area (Å²) in [6, 6.07) is 16.3. The zero-order valence-corrected chi connectivity index (χ0v) is 10.6. The molecule has 0 saturated carbocycles. The lowest BCUT2D eigenvalue weighted by Crippen LogP contribution is -2.28. The number of hydrogen-bond donors (Lipinski definition) is 0. The molecule has 2 heteroatoms. The minimum absolute atomic E-state index is 0.0572. The Labute approximate surface area is 107 Å². The fraction of sp³-hybridized carbons (Fsp3) is 0.188. The smallest absolute Gasteiger partial charge is 0.228 e. The van der Waals surface area contributed by atoms with E-state index in [4.69, 9.17) is 0 Å². The first-order chi connectivity index (χ1) is 8.70. The Morgan fingerprint density at radius 2 is 1.39 bits per heavy atom. The average Bonchev–Trinajstić information content (AvgIpc) is 2.39. The lowest BCUT2D eigenvalue weighted by Gasteiger charge is -2.34. The van der Waals surface area contributed by atoms with Crippen molar-refractivity contribution >= 4 is 17.3 Å². The third-order valence-corrected chi connectivity index (χ3v) is 3.60. The van der Waals surface area contributed by atoms with E-state index in [1.54, 1.807) is 6.92 Å². The minimum Gasteiger partial charge on any atom is -0.281 e. The molecule has 2 aromatic rings. The summed E-state index contributed by atoms with van der Waals surface area (Å²) < 4.78 is 0. The number of para-hydroxylation sites is 2. The number of carbonyl (C=O) groups excluding carboxylic acids is 1. The number of fused-ring (bicyclic) bond motifs is 2. The van der Waals surface area contributed by atoms with Gasteiger partial charge in [-0.2, -0.15) is 0 Å².